The van der Waals surface area contributed by atoms with Crippen LogP contribution in [-0.2, 0) is 4.79 Å². The van der Waals surface area contributed by atoms with Gasteiger partial charge in [0.2, 0.25) is 5.91 Å². The Morgan fingerprint density at radius 2 is 2.19 bits per heavy atom. The van der Waals surface area contributed by atoms with E-state index in [-0.39, 0.29) is 18.3 Å². The van der Waals surface area contributed by atoms with Crippen LogP contribution in [-0.4, -0.2) is 24.0 Å². The molecule has 0 radical (unpaired) electrons. The molecule has 0 saturated carbocycles. The Balaban J connectivity index is 0.00000161. The number of benzene rings is 1. The Morgan fingerprint density at radius 1 is 1.38 bits per heavy atom. The van der Waals surface area contributed by atoms with Gasteiger partial charge >= 0.3 is 0 Å². The number of rotatable bonds is 4. The fourth-order valence-corrected chi connectivity index (χ4v) is 3.38. The van der Waals surface area contributed by atoms with Crippen LogP contribution in [0.5, 0.6) is 0 Å². The largest absolute Gasteiger partial charge is 0.326 e. The van der Waals surface area contributed by atoms with Crippen LogP contribution in [0.4, 0.5) is 5.69 Å². The summed E-state index contributed by atoms with van der Waals surface area (Å²) in [5, 5.41) is 6.34. The quantitative estimate of drug-likeness (QED) is 0.905. The normalized spacial score (nSPS) is 15.6. The molecule has 0 unspecified atom stereocenters. The fourth-order valence-electron chi connectivity index (χ4n) is 2.66. The summed E-state index contributed by atoms with van der Waals surface area (Å²) in [5.41, 5.74) is 3.69. The molecule has 1 amide bonds. The summed E-state index contributed by atoms with van der Waals surface area (Å²) in [5.74, 6) is 0.818. The highest BCUT2D eigenvalue weighted by Crippen LogP contribution is 2.22. The molecule has 21 heavy (non-hydrogen) atoms. The van der Waals surface area contributed by atoms with Gasteiger partial charge in [0.25, 0.3) is 0 Å². The summed E-state index contributed by atoms with van der Waals surface area (Å²) in [6.07, 6.45) is 4.00. The highest BCUT2D eigenvalue weighted by molar-refractivity contribution is 7.16. The summed E-state index contributed by atoms with van der Waals surface area (Å²) >= 11 is 1.60. The van der Waals surface area contributed by atoms with Gasteiger partial charge in [0.15, 0.2) is 0 Å². The molecule has 1 aliphatic rings. The van der Waals surface area contributed by atoms with Gasteiger partial charge in [0.1, 0.15) is 0 Å². The molecule has 2 heterocycles. The number of carbonyl (C=O) groups is 1. The lowest BCUT2D eigenvalue weighted by Crippen LogP contribution is -2.28. The number of carbonyl (C=O) groups excluding carboxylic acids is 1. The van der Waals surface area contributed by atoms with E-state index in [0.717, 1.165) is 35.4 Å². The molecule has 0 atom stereocenters. The molecular formula is C15H20ClN3OS. The second kappa shape index (κ2) is 7.73. The number of aromatic nitrogens is 1. The van der Waals surface area contributed by atoms with Crippen LogP contribution in [0.25, 0.3) is 10.2 Å². The molecule has 1 aromatic heterocycles. The minimum absolute atomic E-state index is 0. The van der Waals surface area contributed by atoms with E-state index in [1.165, 1.54) is 12.8 Å². The Hall–Kier alpha value is -1.17. The number of nitrogens with zero attached hydrogens (tertiary/aromatic N) is 1. The number of piperidine rings is 1. The van der Waals surface area contributed by atoms with Crippen molar-refractivity contribution in [1.82, 2.24) is 10.3 Å². The Labute approximate surface area is 134 Å². The summed E-state index contributed by atoms with van der Waals surface area (Å²) in [7, 11) is 0. The molecule has 6 heteroatoms. The molecule has 1 saturated heterocycles. The maximum Gasteiger partial charge on any atom is 0.224 e. The number of fused-ring (bicyclic) bond motifs is 1. The van der Waals surface area contributed by atoms with Gasteiger partial charge in [-0.1, -0.05) is 0 Å². The van der Waals surface area contributed by atoms with Gasteiger partial charge in [-0.3, -0.25) is 4.79 Å². The molecular weight excluding hydrogens is 306 g/mol. The second-order valence-electron chi connectivity index (χ2n) is 5.32. The van der Waals surface area contributed by atoms with Crippen molar-refractivity contribution >= 4 is 45.6 Å². The van der Waals surface area contributed by atoms with Crippen molar-refractivity contribution in [1.29, 1.82) is 0 Å². The fraction of sp³-hybridized carbons (Fsp3) is 0.467. The van der Waals surface area contributed by atoms with Crippen molar-refractivity contribution in [3.05, 3.63) is 23.7 Å². The van der Waals surface area contributed by atoms with Crippen molar-refractivity contribution in [2.45, 2.75) is 25.7 Å². The maximum atomic E-state index is 12.0. The van der Waals surface area contributed by atoms with Crippen LogP contribution < -0.4 is 10.6 Å². The van der Waals surface area contributed by atoms with Crippen molar-refractivity contribution in [2.75, 3.05) is 18.4 Å². The van der Waals surface area contributed by atoms with Crippen molar-refractivity contribution in [3.63, 3.8) is 0 Å². The Bertz CT molecular complexity index is 595. The van der Waals surface area contributed by atoms with Crippen LogP contribution >= 0.6 is 23.7 Å². The summed E-state index contributed by atoms with van der Waals surface area (Å²) in [6, 6.07) is 5.87. The molecule has 2 N–H and O–H groups in total. The highest BCUT2D eigenvalue weighted by atomic mass is 35.5. The van der Waals surface area contributed by atoms with Crippen molar-refractivity contribution < 1.29 is 4.79 Å². The van der Waals surface area contributed by atoms with E-state index in [2.05, 4.69) is 15.6 Å². The topological polar surface area (TPSA) is 54.0 Å². The van der Waals surface area contributed by atoms with Crippen LogP contribution in [0, 0.1) is 5.92 Å². The van der Waals surface area contributed by atoms with E-state index in [0.29, 0.717) is 12.3 Å². The Morgan fingerprint density at radius 3 is 3.00 bits per heavy atom. The average Bonchev–Trinajstić information content (AvgIpc) is 2.94. The zero-order valence-electron chi connectivity index (χ0n) is 11.8. The second-order valence-corrected chi connectivity index (χ2v) is 6.20. The first-order chi connectivity index (χ1) is 9.81. The maximum absolute atomic E-state index is 12.0. The van der Waals surface area contributed by atoms with Gasteiger partial charge in [-0.25, -0.2) is 4.98 Å². The number of anilines is 1. The monoisotopic (exact) mass is 325 g/mol. The third-order valence-electron chi connectivity index (χ3n) is 3.85. The first-order valence-electron chi connectivity index (χ1n) is 7.15. The minimum Gasteiger partial charge on any atom is -0.326 e. The van der Waals surface area contributed by atoms with Gasteiger partial charge in [0, 0.05) is 12.1 Å². The number of hydrogen-bond donors (Lipinski definition) is 2. The molecule has 0 bridgehead atoms. The van der Waals surface area contributed by atoms with E-state index in [1.54, 1.807) is 11.3 Å². The molecule has 114 valence electrons. The molecule has 0 spiro atoms. The molecule has 4 nitrogen and oxygen atoms in total. The molecule has 1 fully saturated rings. The number of halogens is 1. The lowest BCUT2D eigenvalue weighted by molar-refractivity contribution is -0.116. The summed E-state index contributed by atoms with van der Waals surface area (Å²) in [6.45, 7) is 2.18. The van der Waals surface area contributed by atoms with Crippen LogP contribution in [0.3, 0.4) is 0 Å². The first kappa shape index (κ1) is 16.2. The zero-order valence-corrected chi connectivity index (χ0v) is 13.4. The number of amides is 1. The molecule has 3 rings (SSSR count). The van der Waals surface area contributed by atoms with Gasteiger partial charge < -0.3 is 10.6 Å². The van der Waals surface area contributed by atoms with Crippen LogP contribution in [0.15, 0.2) is 23.7 Å². The van der Waals surface area contributed by atoms with E-state index in [9.17, 15) is 4.79 Å². The van der Waals surface area contributed by atoms with E-state index in [4.69, 9.17) is 0 Å². The van der Waals surface area contributed by atoms with Crippen molar-refractivity contribution in [2.24, 2.45) is 5.92 Å². The van der Waals surface area contributed by atoms with E-state index < -0.39 is 0 Å². The zero-order chi connectivity index (χ0) is 13.8. The van der Waals surface area contributed by atoms with Gasteiger partial charge in [-0.15, -0.1) is 23.7 Å². The molecule has 1 aliphatic heterocycles. The van der Waals surface area contributed by atoms with E-state index >= 15 is 0 Å². The highest BCUT2D eigenvalue weighted by Gasteiger charge is 2.14. The molecule has 2 aromatic rings. The standard InChI is InChI=1S/C15H19N3OS.ClH/c19-15(4-1-11-5-7-16-8-6-11)18-12-2-3-13-14(9-12)20-10-17-13;/h2-3,9-11,16H,1,4-8H2,(H,18,19);1H. The summed E-state index contributed by atoms with van der Waals surface area (Å²) in [4.78, 5) is 16.2. The van der Waals surface area contributed by atoms with E-state index in [1.807, 2.05) is 23.7 Å². The smallest absolute Gasteiger partial charge is 0.224 e. The third kappa shape index (κ3) is 4.40. The lowest BCUT2D eigenvalue weighted by atomic mass is 9.93. The number of nitrogens with one attached hydrogen (secondary N) is 2. The van der Waals surface area contributed by atoms with Gasteiger partial charge in [-0.2, -0.15) is 0 Å². The minimum atomic E-state index is 0. The average molecular weight is 326 g/mol. The van der Waals surface area contributed by atoms with Gasteiger partial charge in [0.05, 0.1) is 15.7 Å². The number of hydrogen-bond acceptors (Lipinski definition) is 4. The molecule has 0 aliphatic carbocycles. The predicted molar refractivity (Wildman–Crippen MR) is 90.3 cm³/mol. The third-order valence-corrected chi connectivity index (χ3v) is 4.65. The number of thiazole rings is 1. The van der Waals surface area contributed by atoms with Crippen LogP contribution in [0.1, 0.15) is 25.7 Å². The molecule has 1 aromatic carbocycles. The SMILES string of the molecule is Cl.O=C(CCC1CCNCC1)Nc1ccc2ncsc2c1. The van der Waals surface area contributed by atoms with Gasteiger partial charge in [-0.05, 0) is 56.5 Å². The first-order valence-corrected chi connectivity index (χ1v) is 8.03. The summed E-state index contributed by atoms with van der Waals surface area (Å²) < 4.78 is 1.11. The Kier molecular flexibility index (Phi) is 5.96. The van der Waals surface area contributed by atoms with Crippen LogP contribution in [0.2, 0.25) is 0 Å². The predicted octanol–water partition coefficient (Wildman–Crippen LogP) is 3.44. The van der Waals surface area contributed by atoms with Crippen molar-refractivity contribution in [3.8, 4) is 0 Å². The lowest BCUT2D eigenvalue weighted by Gasteiger charge is -2.22.